The Hall–Kier alpha value is -2.16. The van der Waals surface area contributed by atoms with Crippen LogP contribution >= 0.6 is 0 Å². The maximum Gasteiger partial charge on any atom is 0.127 e. The number of anilines is 2. The molecule has 0 fully saturated rings. The van der Waals surface area contributed by atoms with Gasteiger partial charge in [0, 0.05) is 5.56 Å². The summed E-state index contributed by atoms with van der Waals surface area (Å²) in [5.74, 6) is 0.306. The maximum absolute atomic E-state index is 9.77. The highest BCUT2D eigenvalue weighted by molar-refractivity contribution is 5.75. The van der Waals surface area contributed by atoms with E-state index in [2.05, 4.69) is 10.6 Å². The number of para-hydroxylation sites is 3. The van der Waals surface area contributed by atoms with Gasteiger partial charge in [-0.25, -0.2) is 0 Å². The van der Waals surface area contributed by atoms with E-state index in [1.54, 1.807) is 6.07 Å². The fraction of sp³-hybridized carbons (Fsp3) is 0.0769. The lowest BCUT2D eigenvalue weighted by molar-refractivity contribution is 0.466. The number of benzene rings is 2. The monoisotopic (exact) mass is 212 g/mol. The first-order valence-corrected chi connectivity index (χ1v) is 5.24. The largest absolute Gasteiger partial charge is 0.508 e. The van der Waals surface area contributed by atoms with Crippen molar-refractivity contribution in [2.45, 2.75) is 6.17 Å². The average Bonchev–Trinajstić information content (AvgIpc) is 2.73. The van der Waals surface area contributed by atoms with Gasteiger partial charge in [0.25, 0.3) is 0 Å². The Morgan fingerprint density at radius 2 is 1.38 bits per heavy atom. The standard InChI is InChI=1S/C13H12N2O/c16-12-8-4-1-5-9(12)13-14-10-6-2-3-7-11(10)15-13/h1-8,13-16H. The zero-order chi connectivity index (χ0) is 11.0. The summed E-state index contributed by atoms with van der Waals surface area (Å²) < 4.78 is 0. The Bertz CT molecular complexity index is 500. The van der Waals surface area contributed by atoms with Crippen molar-refractivity contribution in [3.05, 3.63) is 54.1 Å². The highest BCUT2D eigenvalue weighted by atomic mass is 16.3. The molecule has 3 N–H and O–H groups in total. The molecule has 80 valence electrons. The molecule has 0 unspecified atom stereocenters. The number of hydrogen-bond acceptors (Lipinski definition) is 3. The van der Waals surface area contributed by atoms with E-state index in [0.717, 1.165) is 16.9 Å². The first kappa shape index (κ1) is 9.09. The van der Waals surface area contributed by atoms with Crippen LogP contribution in [0.3, 0.4) is 0 Å². The normalized spacial score (nSPS) is 14.0. The van der Waals surface area contributed by atoms with Gasteiger partial charge in [-0.2, -0.15) is 0 Å². The highest BCUT2D eigenvalue weighted by Crippen LogP contribution is 2.37. The van der Waals surface area contributed by atoms with Gasteiger partial charge in [0.05, 0.1) is 11.4 Å². The van der Waals surface area contributed by atoms with E-state index in [0.29, 0.717) is 5.75 Å². The SMILES string of the molecule is Oc1ccccc1C1Nc2ccccc2N1. The topological polar surface area (TPSA) is 44.3 Å². The third kappa shape index (κ3) is 1.37. The molecule has 2 aromatic rings. The van der Waals surface area contributed by atoms with E-state index in [1.165, 1.54) is 0 Å². The van der Waals surface area contributed by atoms with Gasteiger partial charge in [0.1, 0.15) is 11.9 Å². The van der Waals surface area contributed by atoms with E-state index in [-0.39, 0.29) is 6.17 Å². The van der Waals surface area contributed by atoms with E-state index in [4.69, 9.17) is 0 Å². The lowest BCUT2D eigenvalue weighted by atomic mass is 10.1. The molecule has 0 saturated heterocycles. The molecule has 1 aliphatic rings. The lowest BCUT2D eigenvalue weighted by Gasteiger charge is -2.13. The third-order valence-electron chi connectivity index (χ3n) is 2.77. The molecule has 0 spiro atoms. The number of phenolic OH excluding ortho intramolecular Hbond substituents is 1. The fourth-order valence-corrected chi connectivity index (χ4v) is 1.97. The minimum Gasteiger partial charge on any atom is -0.508 e. The first-order valence-electron chi connectivity index (χ1n) is 5.24. The summed E-state index contributed by atoms with van der Waals surface area (Å²) in [5.41, 5.74) is 2.99. The predicted octanol–water partition coefficient (Wildman–Crippen LogP) is 2.93. The molecule has 1 heterocycles. The van der Waals surface area contributed by atoms with E-state index < -0.39 is 0 Å². The van der Waals surface area contributed by atoms with Crippen LogP contribution in [0.5, 0.6) is 5.75 Å². The molecule has 0 radical (unpaired) electrons. The Balaban J connectivity index is 1.95. The van der Waals surface area contributed by atoms with Crippen molar-refractivity contribution in [3.63, 3.8) is 0 Å². The van der Waals surface area contributed by atoms with Crippen LogP contribution in [0.1, 0.15) is 11.7 Å². The number of aromatic hydroxyl groups is 1. The predicted molar refractivity (Wildman–Crippen MR) is 64.5 cm³/mol. The van der Waals surface area contributed by atoms with Crippen LogP contribution in [-0.4, -0.2) is 5.11 Å². The summed E-state index contributed by atoms with van der Waals surface area (Å²) in [7, 11) is 0. The van der Waals surface area contributed by atoms with Crippen LogP contribution in [0.25, 0.3) is 0 Å². The lowest BCUT2D eigenvalue weighted by Crippen LogP contribution is -2.11. The molecule has 3 heteroatoms. The number of phenols is 1. The summed E-state index contributed by atoms with van der Waals surface area (Å²) in [6.45, 7) is 0. The summed E-state index contributed by atoms with van der Waals surface area (Å²) in [6, 6.07) is 15.3. The van der Waals surface area contributed by atoms with Crippen molar-refractivity contribution in [3.8, 4) is 5.75 Å². The summed E-state index contributed by atoms with van der Waals surface area (Å²) >= 11 is 0. The minimum atomic E-state index is -0.0569. The van der Waals surface area contributed by atoms with Crippen molar-refractivity contribution in [1.29, 1.82) is 0 Å². The van der Waals surface area contributed by atoms with Crippen LogP contribution in [0.15, 0.2) is 48.5 Å². The Kier molecular flexibility index (Phi) is 1.96. The fourth-order valence-electron chi connectivity index (χ4n) is 1.97. The molecule has 0 amide bonds. The maximum atomic E-state index is 9.77. The van der Waals surface area contributed by atoms with E-state index in [9.17, 15) is 5.11 Å². The van der Waals surface area contributed by atoms with Crippen molar-refractivity contribution >= 4 is 11.4 Å². The zero-order valence-corrected chi connectivity index (χ0v) is 8.64. The minimum absolute atomic E-state index is 0.0569. The van der Waals surface area contributed by atoms with Crippen molar-refractivity contribution < 1.29 is 5.11 Å². The van der Waals surface area contributed by atoms with Gasteiger partial charge in [-0.1, -0.05) is 30.3 Å². The second-order valence-electron chi connectivity index (χ2n) is 3.83. The van der Waals surface area contributed by atoms with E-state index in [1.807, 2.05) is 42.5 Å². The molecule has 2 aromatic carbocycles. The third-order valence-corrected chi connectivity index (χ3v) is 2.77. The van der Waals surface area contributed by atoms with Gasteiger partial charge < -0.3 is 15.7 Å². The van der Waals surface area contributed by atoms with Crippen LogP contribution in [0.2, 0.25) is 0 Å². The van der Waals surface area contributed by atoms with Crippen molar-refractivity contribution in [2.75, 3.05) is 10.6 Å². The Labute approximate surface area is 93.7 Å². The van der Waals surface area contributed by atoms with Gasteiger partial charge in [-0.15, -0.1) is 0 Å². The molecular weight excluding hydrogens is 200 g/mol. The van der Waals surface area contributed by atoms with Crippen LogP contribution < -0.4 is 10.6 Å². The molecule has 1 aliphatic heterocycles. The molecule has 3 rings (SSSR count). The smallest absolute Gasteiger partial charge is 0.127 e. The molecule has 0 saturated carbocycles. The molecule has 0 bridgehead atoms. The number of nitrogens with one attached hydrogen (secondary N) is 2. The van der Waals surface area contributed by atoms with Gasteiger partial charge >= 0.3 is 0 Å². The van der Waals surface area contributed by atoms with E-state index >= 15 is 0 Å². The molecule has 0 aromatic heterocycles. The summed E-state index contributed by atoms with van der Waals surface area (Å²) in [5, 5.41) is 16.4. The molecular formula is C13H12N2O. The Morgan fingerprint density at radius 3 is 2.00 bits per heavy atom. The Morgan fingerprint density at radius 1 is 0.812 bits per heavy atom. The molecule has 0 aliphatic carbocycles. The second kappa shape index (κ2) is 3.45. The molecule has 3 nitrogen and oxygen atoms in total. The quantitative estimate of drug-likeness (QED) is 0.681. The summed E-state index contributed by atoms with van der Waals surface area (Å²) in [6.07, 6.45) is -0.0569. The summed E-state index contributed by atoms with van der Waals surface area (Å²) in [4.78, 5) is 0. The second-order valence-corrected chi connectivity index (χ2v) is 3.83. The number of fused-ring (bicyclic) bond motifs is 1. The van der Waals surface area contributed by atoms with Gasteiger partial charge in [0.15, 0.2) is 0 Å². The van der Waals surface area contributed by atoms with Crippen molar-refractivity contribution in [1.82, 2.24) is 0 Å². The van der Waals surface area contributed by atoms with Gasteiger partial charge in [0.2, 0.25) is 0 Å². The molecule has 0 atom stereocenters. The average molecular weight is 212 g/mol. The molecule has 16 heavy (non-hydrogen) atoms. The van der Waals surface area contributed by atoms with Crippen LogP contribution in [0.4, 0.5) is 11.4 Å². The zero-order valence-electron chi connectivity index (χ0n) is 8.64. The highest BCUT2D eigenvalue weighted by Gasteiger charge is 2.22. The van der Waals surface area contributed by atoms with Crippen LogP contribution in [0, 0.1) is 0 Å². The van der Waals surface area contributed by atoms with Gasteiger partial charge in [-0.3, -0.25) is 0 Å². The van der Waals surface area contributed by atoms with Crippen LogP contribution in [-0.2, 0) is 0 Å². The number of rotatable bonds is 1. The first-order chi connectivity index (χ1) is 7.84. The van der Waals surface area contributed by atoms with Crippen molar-refractivity contribution in [2.24, 2.45) is 0 Å². The number of hydrogen-bond donors (Lipinski definition) is 3. The van der Waals surface area contributed by atoms with Gasteiger partial charge in [-0.05, 0) is 18.2 Å².